The average molecular weight is 217 g/mol. The number of hydrogen-bond donors (Lipinski definition) is 1. The van der Waals surface area contributed by atoms with Crippen molar-refractivity contribution in [2.75, 3.05) is 5.73 Å². The summed E-state index contributed by atoms with van der Waals surface area (Å²) in [7, 11) is 0. The molecule has 0 aliphatic heterocycles. The number of rotatable bonds is 1. The molecule has 8 heteroatoms. The van der Waals surface area contributed by atoms with Crippen LogP contribution in [0.3, 0.4) is 0 Å². The van der Waals surface area contributed by atoms with Gasteiger partial charge >= 0.3 is 6.18 Å². The Morgan fingerprint density at radius 3 is 2.73 bits per heavy atom. The second-order valence-electron chi connectivity index (χ2n) is 2.89. The number of nitrogens with zero attached hydrogens (tertiary/aromatic N) is 4. The Hall–Kier alpha value is -1.86. The molecule has 0 atom stereocenters. The summed E-state index contributed by atoms with van der Waals surface area (Å²) in [6, 6.07) is 1.46. The first kappa shape index (κ1) is 9.69. The molecule has 80 valence electrons. The van der Waals surface area contributed by atoms with E-state index >= 15 is 0 Å². The molecule has 15 heavy (non-hydrogen) atoms. The Labute approximate surface area is 81.7 Å². The molecule has 0 aromatic carbocycles. The van der Waals surface area contributed by atoms with Crippen molar-refractivity contribution in [1.29, 1.82) is 0 Å². The lowest BCUT2D eigenvalue weighted by molar-refractivity contribution is -0.128. The third-order valence-corrected chi connectivity index (χ3v) is 1.69. The number of anilines is 1. The quantitative estimate of drug-likeness (QED) is 0.767. The maximum absolute atomic E-state index is 12.1. The normalized spacial score (nSPS) is 12.2. The molecule has 0 spiro atoms. The van der Waals surface area contributed by atoms with Gasteiger partial charge in [0.1, 0.15) is 12.2 Å². The molecule has 2 N–H and O–H groups in total. The van der Waals surface area contributed by atoms with Gasteiger partial charge in [0.05, 0.1) is 6.20 Å². The van der Waals surface area contributed by atoms with Crippen molar-refractivity contribution < 1.29 is 13.2 Å². The van der Waals surface area contributed by atoms with Crippen LogP contribution >= 0.6 is 0 Å². The summed E-state index contributed by atoms with van der Waals surface area (Å²) in [5.74, 6) is -0.461. The van der Waals surface area contributed by atoms with Gasteiger partial charge in [-0.3, -0.25) is 0 Å². The summed E-state index contributed by atoms with van der Waals surface area (Å²) in [6.07, 6.45) is -4.15. The van der Waals surface area contributed by atoms with Crippen LogP contribution in [-0.2, 0) is 6.42 Å². The van der Waals surface area contributed by atoms with Crippen molar-refractivity contribution in [3.63, 3.8) is 0 Å². The van der Waals surface area contributed by atoms with E-state index < -0.39 is 12.6 Å². The van der Waals surface area contributed by atoms with E-state index in [-0.39, 0.29) is 17.4 Å². The molecule has 0 amide bonds. The molecular formula is C7H6F3N5. The van der Waals surface area contributed by atoms with Gasteiger partial charge in [0.2, 0.25) is 5.95 Å². The highest BCUT2D eigenvalue weighted by molar-refractivity contribution is 5.41. The van der Waals surface area contributed by atoms with Gasteiger partial charge in [-0.15, -0.1) is 0 Å². The molecule has 2 rings (SSSR count). The van der Waals surface area contributed by atoms with Gasteiger partial charge in [0.15, 0.2) is 5.65 Å². The van der Waals surface area contributed by atoms with Crippen molar-refractivity contribution in [2.24, 2.45) is 0 Å². The molecule has 0 unspecified atom stereocenters. The van der Waals surface area contributed by atoms with Crippen molar-refractivity contribution in [2.45, 2.75) is 12.6 Å². The predicted octanol–water partition coefficient (Wildman–Crippen LogP) is 0.811. The molecule has 0 fully saturated rings. The van der Waals surface area contributed by atoms with Crippen molar-refractivity contribution >= 4 is 11.6 Å². The summed E-state index contributed by atoms with van der Waals surface area (Å²) in [4.78, 5) is 7.18. The first-order valence-electron chi connectivity index (χ1n) is 3.98. The van der Waals surface area contributed by atoms with Crippen LogP contribution in [0, 0.1) is 0 Å². The lowest BCUT2D eigenvalue weighted by atomic mass is 10.4. The summed E-state index contributed by atoms with van der Waals surface area (Å²) in [5, 5.41) is 3.74. The van der Waals surface area contributed by atoms with E-state index in [4.69, 9.17) is 5.73 Å². The molecule has 0 bridgehead atoms. The second-order valence-corrected chi connectivity index (χ2v) is 2.89. The molecule has 0 aliphatic carbocycles. The minimum Gasteiger partial charge on any atom is -0.368 e. The fourth-order valence-electron chi connectivity index (χ4n) is 1.15. The van der Waals surface area contributed by atoms with E-state index in [1.54, 1.807) is 0 Å². The smallest absolute Gasteiger partial charge is 0.368 e. The molecule has 0 aliphatic rings. The Morgan fingerprint density at radius 2 is 2.07 bits per heavy atom. The molecule has 0 radical (unpaired) electrons. The number of alkyl halides is 3. The highest BCUT2D eigenvalue weighted by Crippen LogP contribution is 2.19. The molecule has 2 aromatic rings. The van der Waals surface area contributed by atoms with Crippen LogP contribution in [0.4, 0.5) is 19.1 Å². The molecule has 0 saturated carbocycles. The van der Waals surface area contributed by atoms with Gasteiger partial charge in [-0.1, -0.05) is 0 Å². The van der Waals surface area contributed by atoms with Crippen LogP contribution in [0.25, 0.3) is 5.65 Å². The zero-order valence-electron chi connectivity index (χ0n) is 7.36. The van der Waals surface area contributed by atoms with Crippen molar-refractivity contribution in [1.82, 2.24) is 19.6 Å². The van der Waals surface area contributed by atoms with Crippen LogP contribution in [0.15, 0.2) is 12.3 Å². The van der Waals surface area contributed by atoms with Crippen LogP contribution < -0.4 is 5.73 Å². The highest BCUT2D eigenvalue weighted by atomic mass is 19.4. The summed E-state index contributed by atoms with van der Waals surface area (Å²) < 4.78 is 37.3. The summed E-state index contributed by atoms with van der Waals surface area (Å²) in [5.41, 5.74) is 5.65. The first-order valence-corrected chi connectivity index (χ1v) is 3.98. The minimum absolute atomic E-state index is 0.107. The largest absolute Gasteiger partial charge is 0.396 e. The van der Waals surface area contributed by atoms with Gasteiger partial charge in [0.25, 0.3) is 0 Å². The van der Waals surface area contributed by atoms with E-state index in [0.29, 0.717) is 0 Å². The number of fused-ring (bicyclic) bond motifs is 1. The average Bonchev–Trinajstić information content (AvgIpc) is 2.48. The summed E-state index contributed by atoms with van der Waals surface area (Å²) >= 11 is 0. The van der Waals surface area contributed by atoms with Gasteiger partial charge in [-0.2, -0.15) is 27.8 Å². The molecule has 0 saturated heterocycles. The van der Waals surface area contributed by atoms with Crippen LogP contribution in [0.5, 0.6) is 0 Å². The summed E-state index contributed by atoms with van der Waals surface area (Å²) in [6.45, 7) is 0. The Morgan fingerprint density at radius 1 is 1.33 bits per heavy atom. The van der Waals surface area contributed by atoms with Gasteiger partial charge < -0.3 is 5.73 Å². The topological polar surface area (TPSA) is 69.1 Å². The fraction of sp³-hybridized carbons (Fsp3) is 0.286. The lowest BCUT2D eigenvalue weighted by Crippen LogP contribution is -2.16. The van der Waals surface area contributed by atoms with Crippen LogP contribution in [-0.4, -0.2) is 25.8 Å². The zero-order valence-corrected chi connectivity index (χ0v) is 7.36. The van der Waals surface area contributed by atoms with Gasteiger partial charge in [-0.05, 0) is 0 Å². The maximum Gasteiger partial charge on any atom is 0.396 e. The van der Waals surface area contributed by atoms with E-state index in [2.05, 4.69) is 15.1 Å². The molecule has 5 nitrogen and oxygen atoms in total. The number of nitrogens with two attached hydrogens (primary N) is 1. The fourth-order valence-corrected chi connectivity index (χ4v) is 1.15. The van der Waals surface area contributed by atoms with Crippen LogP contribution in [0.1, 0.15) is 5.82 Å². The van der Waals surface area contributed by atoms with Gasteiger partial charge in [0, 0.05) is 6.07 Å². The number of halogens is 3. The highest BCUT2D eigenvalue weighted by Gasteiger charge is 2.29. The third-order valence-electron chi connectivity index (χ3n) is 1.69. The monoisotopic (exact) mass is 217 g/mol. The standard InChI is InChI=1S/C7H6F3N5/c8-7(9,10)3-4-13-5-1-2-12-15(5)6(11)14-4/h1-2H,3H2,(H2,11,13,14). The number of hydrogen-bond acceptors (Lipinski definition) is 4. The SMILES string of the molecule is Nc1nc(CC(F)(F)F)nc2ccnn12. The van der Waals surface area contributed by atoms with Crippen molar-refractivity contribution in [3.05, 3.63) is 18.1 Å². The van der Waals surface area contributed by atoms with E-state index in [9.17, 15) is 13.2 Å². The molecule has 2 aromatic heterocycles. The number of nitrogen functional groups attached to an aromatic ring is 1. The second kappa shape index (κ2) is 3.07. The minimum atomic E-state index is -4.34. The Balaban J connectivity index is 2.45. The van der Waals surface area contributed by atoms with E-state index in [0.717, 1.165) is 0 Å². The predicted molar refractivity (Wildman–Crippen MR) is 45.0 cm³/mol. The van der Waals surface area contributed by atoms with Gasteiger partial charge in [-0.25, -0.2) is 4.98 Å². The Kier molecular flexibility index (Phi) is 1.98. The Bertz CT molecular complexity index is 489. The maximum atomic E-state index is 12.1. The third kappa shape index (κ3) is 1.97. The molecular weight excluding hydrogens is 211 g/mol. The van der Waals surface area contributed by atoms with Crippen molar-refractivity contribution in [3.8, 4) is 0 Å². The first-order chi connectivity index (χ1) is 6.96. The van der Waals surface area contributed by atoms with E-state index in [1.807, 2.05) is 0 Å². The molecule has 2 heterocycles. The van der Waals surface area contributed by atoms with Crippen LogP contribution in [0.2, 0.25) is 0 Å². The zero-order chi connectivity index (χ0) is 11.1. The lowest BCUT2D eigenvalue weighted by Gasteiger charge is -2.05. The van der Waals surface area contributed by atoms with E-state index in [1.165, 1.54) is 16.8 Å². The number of aromatic nitrogens is 4.